The van der Waals surface area contributed by atoms with E-state index in [0.29, 0.717) is 11.1 Å². The molecular formula is C16H12FNO3. The van der Waals surface area contributed by atoms with Gasteiger partial charge in [0.2, 0.25) is 0 Å². The molecule has 0 saturated carbocycles. The maximum atomic E-state index is 13.1. The van der Waals surface area contributed by atoms with Gasteiger partial charge < -0.3 is 10.4 Å². The minimum atomic E-state index is -1.30. The Bertz CT molecular complexity index is 696. The second-order valence-electron chi connectivity index (χ2n) is 4.24. The molecule has 0 atom stereocenters. The molecule has 0 unspecified atom stereocenters. The van der Waals surface area contributed by atoms with Crippen LogP contribution in [-0.2, 0) is 4.79 Å². The number of amides is 1. The Morgan fingerprint density at radius 3 is 2.38 bits per heavy atom. The number of aliphatic carboxylic acids is 1. The van der Waals surface area contributed by atoms with E-state index in [1.165, 1.54) is 24.3 Å². The summed E-state index contributed by atoms with van der Waals surface area (Å²) in [5.74, 6) is -2.33. The van der Waals surface area contributed by atoms with Crippen molar-refractivity contribution in [2.24, 2.45) is 0 Å². The van der Waals surface area contributed by atoms with Crippen LogP contribution in [-0.4, -0.2) is 17.0 Å². The van der Waals surface area contributed by atoms with Gasteiger partial charge in [-0.1, -0.05) is 30.3 Å². The lowest BCUT2D eigenvalue weighted by Crippen LogP contribution is -2.27. The zero-order valence-electron chi connectivity index (χ0n) is 10.9. The van der Waals surface area contributed by atoms with Gasteiger partial charge in [-0.05, 0) is 35.9 Å². The van der Waals surface area contributed by atoms with Gasteiger partial charge in [-0.15, -0.1) is 0 Å². The number of hydrogen-bond acceptors (Lipinski definition) is 2. The van der Waals surface area contributed by atoms with Crippen molar-refractivity contribution in [3.8, 4) is 0 Å². The Hall–Kier alpha value is -2.95. The highest BCUT2D eigenvalue weighted by Gasteiger charge is 2.13. The number of benzene rings is 2. The Morgan fingerprint density at radius 2 is 1.76 bits per heavy atom. The molecule has 0 aromatic heterocycles. The molecule has 4 nitrogen and oxygen atoms in total. The summed E-state index contributed by atoms with van der Waals surface area (Å²) in [6.07, 6.45) is 1.20. The lowest BCUT2D eigenvalue weighted by Gasteiger charge is -2.06. The fraction of sp³-hybridized carbons (Fsp3) is 0. The number of rotatable bonds is 4. The lowest BCUT2D eigenvalue weighted by atomic mass is 10.1. The van der Waals surface area contributed by atoms with E-state index in [0.717, 1.165) is 0 Å². The van der Waals surface area contributed by atoms with E-state index >= 15 is 0 Å². The first-order valence-corrected chi connectivity index (χ1v) is 6.13. The monoisotopic (exact) mass is 285 g/mol. The minimum absolute atomic E-state index is 0.325. The van der Waals surface area contributed by atoms with E-state index < -0.39 is 17.7 Å². The van der Waals surface area contributed by atoms with Gasteiger partial charge in [0.05, 0.1) is 0 Å². The molecule has 2 aromatic carbocycles. The lowest BCUT2D eigenvalue weighted by molar-refractivity contribution is -0.132. The Kier molecular flexibility index (Phi) is 4.46. The second-order valence-corrected chi connectivity index (χ2v) is 4.24. The normalized spacial score (nSPS) is 11.0. The van der Waals surface area contributed by atoms with Crippen molar-refractivity contribution in [2.75, 3.05) is 0 Å². The third-order valence-electron chi connectivity index (χ3n) is 2.67. The summed E-state index contributed by atoms with van der Waals surface area (Å²) in [5, 5.41) is 11.4. The molecule has 2 rings (SSSR count). The summed E-state index contributed by atoms with van der Waals surface area (Å²) in [4.78, 5) is 23.1. The average Bonchev–Trinajstić information content (AvgIpc) is 2.47. The SMILES string of the molecule is O=C(O)C(=Cc1cccc(F)c1)NC(=O)c1ccccc1. The van der Waals surface area contributed by atoms with Crippen LogP contribution in [0.15, 0.2) is 60.3 Å². The molecule has 21 heavy (non-hydrogen) atoms. The number of nitrogens with one attached hydrogen (secondary N) is 1. The fourth-order valence-electron chi connectivity index (χ4n) is 1.70. The first-order chi connectivity index (χ1) is 10.1. The Balaban J connectivity index is 2.24. The van der Waals surface area contributed by atoms with Gasteiger partial charge in [0.15, 0.2) is 0 Å². The minimum Gasteiger partial charge on any atom is -0.477 e. The summed E-state index contributed by atoms with van der Waals surface area (Å²) in [6, 6.07) is 13.7. The number of carbonyl (C=O) groups excluding carboxylic acids is 1. The van der Waals surface area contributed by atoms with E-state index in [1.807, 2.05) is 0 Å². The van der Waals surface area contributed by atoms with Crippen molar-refractivity contribution >= 4 is 18.0 Å². The average molecular weight is 285 g/mol. The predicted octanol–water partition coefficient (Wildman–Crippen LogP) is 2.68. The zero-order valence-corrected chi connectivity index (χ0v) is 10.9. The first-order valence-electron chi connectivity index (χ1n) is 6.13. The van der Waals surface area contributed by atoms with E-state index in [4.69, 9.17) is 5.11 Å². The largest absolute Gasteiger partial charge is 0.477 e. The van der Waals surface area contributed by atoms with Gasteiger partial charge >= 0.3 is 5.97 Å². The molecule has 0 bridgehead atoms. The van der Waals surface area contributed by atoms with Crippen LogP contribution in [0.1, 0.15) is 15.9 Å². The van der Waals surface area contributed by atoms with Gasteiger partial charge in [-0.3, -0.25) is 4.79 Å². The number of carboxylic acid groups (broad SMARTS) is 1. The Morgan fingerprint density at radius 1 is 1.05 bits per heavy atom. The highest BCUT2D eigenvalue weighted by molar-refractivity contribution is 6.02. The third-order valence-corrected chi connectivity index (χ3v) is 2.67. The smallest absolute Gasteiger partial charge is 0.352 e. The topological polar surface area (TPSA) is 66.4 Å². The van der Waals surface area contributed by atoms with Crippen molar-refractivity contribution in [1.29, 1.82) is 0 Å². The molecular weight excluding hydrogens is 273 g/mol. The molecule has 1 amide bonds. The molecule has 5 heteroatoms. The summed E-state index contributed by atoms with van der Waals surface area (Å²) in [6.45, 7) is 0. The van der Waals surface area contributed by atoms with Gasteiger partial charge in [-0.2, -0.15) is 0 Å². The predicted molar refractivity (Wildman–Crippen MR) is 75.9 cm³/mol. The molecule has 2 N–H and O–H groups in total. The molecule has 2 aromatic rings. The summed E-state index contributed by atoms with van der Waals surface area (Å²) in [7, 11) is 0. The van der Waals surface area contributed by atoms with Crippen molar-refractivity contribution < 1.29 is 19.1 Å². The highest BCUT2D eigenvalue weighted by atomic mass is 19.1. The molecule has 0 spiro atoms. The Labute approximate surface area is 120 Å². The van der Waals surface area contributed by atoms with Crippen LogP contribution in [0.4, 0.5) is 4.39 Å². The molecule has 0 aliphatic rings. The van der Waals surface area contributed by atoms with Crippen molar-refractivity contribution in [1.82, 2.24) is 5.32 Å². The summed E-state index contributed by atoms with van der Waals surface area (Å²) < 4.78 is 13.1. The van der Waals surface area contributed by atoms with E-state index in [2.05, 4.69) is 5.32 Å². The summed E-state index contributed by atoms with van der Waals surface area (Å²) >= 11 is 0. The zero-order chi connectivity index (χ0) is 15.2. The molecule has 0 fully saturated rings. The van der Waals surface area contributed by atoms with Gasteiger partial charge in [0, 0.05) is 5.56 Å². The fourth-order valence-corrected chi connectivity index (χ4v) is 1.70. The summed E-state index contributed by atoms with van der Waals surface area (Å²) in [5.41, 5.74) is 0.360. The van der Waals surface area contributed by atoms with Crippen molar-refractivity contribution in [3.05, 3.63) is 77.2 Å². The number of halogens is 1. The standard InChI is InChI=1S/C16H12FNO3/c17-13-8-4-5-11(9-13)10-14(16(20)21)18-15(19)12-6-2-1-3-7-12/h1-10H,(H,18,19)(H,20,21). The number of hydrogen-bond donors (Lipinski definition) is 2. The van der Waals surface area contributed by atoms with Gasteiger partial charge in [0.1, 0.15) is 11.5 Å². The highest BCUT2D eigenvalue weighted by Crippen LogP contribution is 2.09. The van der Waals surface area contributed by atoms with Crippen LogP contribution < -0.4 is 5.32 Å². The van der Waals surface area contributed by atoms with Gasteiger partial charge in [0.25, 0.3) is 5.91 Å². The van der Waals surface area contributed by atoms with Crippen LogP contribution in [0.2, 0.25) is 0 Å². The third kappa shape index (κ3) is 4.01. The van der Waals surface area contributed by atoms with Gasteiger partial charge in [-0.25, -0.2) is 9.18 Å². The molecule has 0 aliphatic carbocycles. The molecule has 0 saturated heterocycles. The van der Waals surface area contributed by atoms with E-state index in [-0.39, 0.29) is 5.70 Å². The van der Waals surface area contributed by atoms with E-state index in [9.17, 15) is 14.0 Å². The maximum Gasteiger partial charge on any atom is 0.352 e. The molecule has 106 valence electrons. The number of carboxylic acids is 1. The van der Waals surface area contributed by atoms with Crippen LogP contribution in [0.3, 0.4) is 0 Å². The quantitative estimate of drug-likeness (QED) is 0.849. The van der Waals surface area contributed by atoms with Crippen LogP contribution in [0.5, 0.6) is 0 Å². The van der Waals surface area contributed by atoms with Crippen molar-refractivity contribution in [3.63, 3.8) is 0 Å². The van der Waals surface area contributed by atoms with Crippen LogP contribution >= 0.6 is 0 Å². The molecule has 0 radical (unpaired) electrons. The molecule has 0 aliphatic heterocycles. The second kappa shape index (κ2) is 6.47. The van der Waals surface area contributed by atoms with E-state index in [1.54, 1.807) is 36.4 Å². The number of carbonyl (C=O) groups is 2. The van der Waals surface area contributed by atoms with Crippen LogP contribution in [0, 0.1) is 5.82 Å². The first kappa shape index (κ1) is 14.5. The maximum absolute atomic E-state index is 13.1. The van der Waals surface area contributed by atoms with Crippen LogP contribution in [0.25, 0.3) is 6.08 Å². The van der Waals surface area contributed by atoms with Crippen molar-refractivity contribution in [2.45, 2.75) is 0 Å². The molecule has 0 heterocycles.